The predicted octanol–water partition coefficient (Wildman–Crippen LogP) is 5.21. The molecule has 7 heteroatoms. The molecule has 1 N–H and O–H groups in total. The summed E-state index contributed by atoms with van der Waals surface area (Å²) in [6.07, 6.45) is 1.53. The van der Waals surface area contributed by atoms with Crippen molar-refractivity contribution < 1.29 is 23.7 Å². The van der Waals surface area contributed by atoms with Crippen LogP contribution in [-0.4, -0.2) is 33.5 Å². The Labute approximate surface area is 203 Å². The average molecular weight is 471 g/mol. The summed E-state index contributed by atoms with van der Waals surface area (Å²) in [5.41, 5.74) is 4.71. The molecule has 4 rings (SSSR count). The number of hydrazone groups is 1. The molecule has 1 amide bonds. The minimum absolute atomic E-state index is 0.369. The highest BCUT2D eigenvalue weighted by molar-refractivity contribution is 5.95. The van der Waals surface area contributed by atoms with Crippen LogP contribution in [0.3, 0.4) is 0 Å². The molecule has 0 spiro atoms. The highest BCUT2D eigenvalue weighted by Crippen LogP contribution is 2.29. The Bertz CT molecular complexity index is 1340. The van der Waals surface area contributed by atoms with Crippen molar-refractivity contribution in [2.45, 2.75) is 6.61 Å². The fraction of sp³-hybridized carbons (Fsp3) is 0.143. The second-order valence-corrected chi connectivity index (χ2v) is 7.64. The lowest BCUT2D eigenvalue weighted by atomic mass is 10.1. The third kappa shape index (κ3) is 5.70. The van der Waals surface area contributed by atoms with Gasteiger partial charge in [-0.25, -0.2) is 5.43 Å². The van der Waals surface area contributed by atoms with E-state index in [1.165, 1.54) is 25.8 Å². The van der Waals surface area contributed by atoms with Gasteiger partial charge in [-0.1, -0.05) is 42.5 Å². The predicted molar refractivity (Wildman–Crippen MR) is 136 cm³/mol. The molecule has 0 bridgehead atoms. The number of methoxy groups -OCH3 is 3. The summed E-state index contributed by atoms with van der Waals surface area (Å²) in [7, 11) is 4.63. The Morgan fingerprint density at radius 3 is 2.31 bits per heavy atom. The van der Waals surface area contributed by atoms with Crippen LogP contribution in [0.25, 0.3) is 10.8 Å². The van der Waals surface area contributed by atoms with E-state index in [1.807, 2.05) is 30.3 Å². The second kappa shape index (κ2) is 11.1. The van der Waals surface area contributed by atoms with Crippen molar-refractivity contribution in [3.8, 4) is 23.0 Å². The van der Waals surface area contributed by atoms with Crippen LogP contribution in [0.4, 0.5) is 0 Å². The SMILES string of the molecule is COc1cc(OC)cc(C(=O)NN=Cc2ccc(OCc3cccc4ccccc34)c(OC)c2)c1. The zero-order valence-corrected chi connectivity index (χ0v) is 19.8. The molecular weight excluding hydrogens is 444 g/mol. The molecule has 0 saturated carbocycles. The van der Waals surface area contributed by atoms with E-state index >= 15 is 0 Å². The van der Waals surface area contributed by atoms with E-state index in [9.17, 15) is 4.79 Å². The number of ether oxygens (including phenoxy) is 4. The molecule has 35 heavy (non-hydrogen) atoms. The molecule has 0 aliphatic rings. The van der Waals surface area contributed by atoms with E-state index in [0.29, 0.717) is 35.2 Å². The van der Waals surface area contributed by atoms with Gasteiger partial charge in [0.15, 0.2) is 11.5 Å². The Balaban J connectivity index is 1.43. The summed E-state index contributed by atoms with van der Waals surface area (Å²) in [6, 6.07) is 24.7. The highest BCUT2D eigenvalue weighted by Gasteiger charge is 2.10. The van der Waals surface area contributed by atoms with Crippen LogP contribution in [-0.2, 0) is 6.61 Å². The van der Waals surface area contributed by atoms with E-state index in [0.717, 1.165) is 16.5 Å². The van der Waals surface area contributed by atoms with Crippen LogP contribution in [0.15, 0.2) is 84.0 Å². The largest absolute Gasteiger partial charge is 0.497 e. The summed E-state index contributed by atoms with van der Waals surface area (Å²) < 4.78 is 22.0. The first-order valence-corrected chi connectivity index (χ1v) is 10.9. The fourth-order valence-electron chi connectivity index (χ4n) is 3.63. The molecule has 0 aliphatic carbocycles. The number of hydrogen-bond donors (Lipinski definition) is 1. The van der Waals surface area contributed by atoms with Crippen molar-refractivity contribution in [3.63, 3.8) is 0 Å². The van der Waals surface area contributed by atoms with Crippen molar-refractivity contribution >= 4 is 22.9 Å². The average Bonchev–Trinajstić information content (AvgIpc) is 2.91. The lowest BCUT2D eigenvalue weighted by Crippen LogP contribution is -2.17. The Hall–Kier alpha value is -4.52. The van der Waals surface area contributed by atoms with Gasteiger partial charge in [0.1, 0.15) is 18.1 Å². The number of rotatable bonds is 9. The first-order valence-electron chi connectivity index (χ1n) is 10.9. The molecule has 0 atom stereocenters. The van der Waals surface area contributed by atoms with Crippen LogP contribution in [0.1, 0.15) is 21.5 Å². The van der Waals surface area contributed by atoms with Crippen LogP contribution in [0.5, 0.6) is 23.0 Å². The smallest absolute Gasteiger partial charge is 0.271 e. The van der Waals surface area contributed by atoms with E-state index in [2.05, 4.69) is 34.8 Å². The Morgan fingerprint density at radius 1 is 0.829 bits per heavy atom. The Kier molecular flexibility index (Phi) is 7.47. The molecular formula is C28H26N2O5. The van der Waals surface area contributed by atoms with Crippen LogP contribution in [0, 0.1) is 0 Å². The summed E-state index contributed by atoms with van der Waals surface area (Å²) in [5, 5.41) is 6.38. The highest BCUT2D eigenvalue weighted by atomic mass is 16.5. The summed E-state index contributed by atoms with van der Waals surface area (Å²) in [4.78, 5) is 12.5. The van der Waals surface area contributed by atoms with Gasteiger partial charge in [-0.15, -0.1) is 0 Å². The molecule has 4 aromatic rings. The van der Waals surface area contributed by atoms with Gasteiger partial charge >= 0.3 is 0 Å². The normalized spacial score (nSPS) is 10.8. The monoisotopic (exact) mass is 470 g/mol. The molecule has 178 valence electrons. The Morgan fingerprint density at radius 2 is 1.57 bits per heavy atom. The quantitative estimate of drug-likeness (QED) is 0.268. The minimum atomic E-state index is -0.388. The van der Waals surface area contributed by atoms with Crippen LogP contribution < -0.4 is 24.4 Å². The van der Waals surface area contributed by atoms with Gasteiger partial charge < -0.3 is 18.9 Å². The second-order valence-electron chi connectivity index (χ2n) is 7.64. The van der Waals surface area contributed by atoms with Gasteiger partial charge in [-0.05, 0) is 52.2 Å². The minimum Gasteiger partial charge on any atom is -0.497 e. The number of nitrogens with zero attached hydrogens (tertiary/aromatic N) is 1. The number of hydrogen-bond acceptors (Lipinski definition) is 6. The number of nitrogens with one attached hydrogen (secondary N) is 1. The molecule has 0 unspecified atom stereocenters. The van der Waals surface area contributed by atoms with Crippen molar-refractivity contribution in [3.05, 3.63) is 95.6 Å². The maximum atomic E-state index is 12.5. The number of amides is 1. The van der Waals surface area contributed by atoms with Gasteiger partial charge in [0.05, 0.1) is 27.5 Å². The lowest BCUT2D eigenvalue weighted by Gasteiger charge is -2.12. The molecule has 0 fully saturated rings. The van der Waals surface area contributed by atoms with E-state index < -0.39 is 0 Å². The van der Waals surface area contributed by atoms with Gasteiger partial charge in [0, 0.05) is 11.6 Å². The van der Waals surface area contributed by atoms with Crippen molar-refractivity contribution in [2.75, 3.05) is 21.3 Å². The third-order valence-corrected chi connectivity index (χ3v) is 5.44. The molecule has 4 aromatic carbocycles. The molecule has 0 aromatic heterocycles. The first-order chi connectivity index (χ1) is 17.1. The van der Waals surface area contributed by atoms with E-state index in [1.54, 1.807) is 31.4 Å². The van der Waals surface area contributed by atoms with Crippen molar-refractivity contribution in [2.24, 2.45) is 5.10 Å². The standard InChI is InChI=1S/C28H26N2O5/c1-32-23-14-22(15-24(16-23)33-2)28(31)30-29-17-19-11-12-26(27(13-19)34-3)35-18-21-9-6-8-20-7-4-5-10-25(20)21/h4-17H,18H2,1-3H3,(H,30,31). The van der Waals surface area contributed by atoms with Crippen LogP contribution in [0.2, 0.25) is 0 Å². The molecule has 7 nitrogen and oxygen atoms in total. The molecule has 0 radical (unpaired) electrons. The number of fused-ring (bicyclic) bond motifs is 1. The maximum absolute atomic E-state index is 12.5. The first kappa shape index (κ1) is 23.6. The van der Waals surface area contributed by atoms with E-state index in [-0.39, 0.29) is 5.91 Å². The molecule has 0 heterocycles. The molecule has 0 aliphatic heterocycles. The van der Waals surface area contributed by atoms with Crippen molar-refractivity contribution in [1.82, 2.24) is 5.43 Å². The number of benzene rings is 4. The van der Waals surface area contributed by atoms with Gasteiger partial charge in [-0.3, -0.25) is 4.79 Å². The van der Waals surface area contributed by atoms with Crippen LogP contribution >= 0.6 is 0 Å². The van der Waals surface area contributed by atoms with E-state index in [4.69, 9.17) is 18.9 Å². The maximum Gasteiger partial charge on any atom is 0.271 e. The van der Waals surface area contributed by atoms with Crippen molar-refractivity contribution in [1.29, 1.82) is 0 Å². The summed E-state index contributed by atoms with van der Waals surface area (Å²) >= 11 is 0. The molecule has 0 saturated heterocycles. The topological polar surface area (TPSA) is 78.4 Å². The number of carbonyl (C=O) groups excluding carboxylic acids is 1. The lowest BCUT2D eigenvalue weighted by molar-refractivity contribution is 0.0954. The number of carbonyl (C=O) groups is 1. The summed E-state index contributed by atoms with van der Waals surface area (Å²) in [6.45, 7) is 0.408. The summed E-state index contributed by atoms with van der Waals surface area (Å²) in [5.74, 6) is 1.83. The van der Waals surface area contributed by atoms with Gasteiger partial charge in [0.2, 0.25) is 0 Å². The zero-order chi connectivity index (χ0) is 24.6. The van der Waals surface area contributed by atoms with Gasteiger partial charge in [0.25, 0.3) is 5.91 Å². The fourth-order valence-corrected chi connectivity index (χ4v) is 3.63. The zero-order valence-electron chi connectivity index (χ0n) is 19.8. The third-order valence-electron chi connectivity index (χ3n) is 5.44. The van der Waals surface area contributed by atoms with Gasteiger partial charge in [-0.2, -0.15) is 5.10 Å².